The molecule has 10 heavy (non-hydrogen) atoms. The third kappa shape index (κ3) is 1.01. The normalized spacial score (nSPS) is 42.9. The molecule has 0 radical (unpaired) electrons. The Labute approximate surface area is 67.3 Å². The lowest BCUT2D eigenvalue weighted by molar-refractivity contribution is 0.508. The number of hydrogen-bond donors (Lipinski definition) is 1. The molecule has 2 nitrogen and oxygen atoms in total. The van der Waals surface area contributed by atoms with Gasteiger partial charge in [0, 0.05) is 13.0 Å². The first-order valence-electron chi connectivity index (χ1n) is 3.49. The van der Waals surface area contributed by atoms with Gasteiger partial charge in [0.25, 0.3) is 0 Å². The standard InChI is InChI=1S/C7H12N2.ClH/c1-7-2-5(7)4-9-6(8)3-7;/h5H,2-4H2,1H3,(H2,8,9);1H/t5-,7-;/m0./s1. The van der Waals surface area contributed by atoms with E-state index in [0.29, 0.717) is 5.41 Å². The van der Waals surface area contributed by atoms with E-state index in [-0.39, 0.29) is 12.4 Å². The molecule has 0 spiro atoms. The maximum absolute atomic E-state index is 5.59. The highest BCUT2D eigenvalue weighted by atomic mass is 35.5. The Hall–Kier alpha value is -0.240. The number of fused-ring (bicyclic) bond motifs is 1. The minimum absolute atomic E-state index is 0. The highest BCUT2D eigenvalue weighted by Gasteiger charge is 2.51. The molecule has 0 unspecified atom stereocenters. The Morgan fingerprint density at radius 2 is 2.40 bits per heavy atom. The van der Waals surface area contributed by atoms with Gasteiger partial charge in [-0.1, -0.05) is 6.92 Å². The molecule has 0 aromatic heterocycles. The van der Waals surface area contributed by atoms with E-state index in [9.17, 15) is 0 Å². The number of rotatable bonds is 0. The summed E-state index contributed by atoms with van der Waals surface area (Å²) in [5, 5.41) is 0. The van der Waals surface area contributed by atoms with E-state index in [1.165, 1.54) is 6.42 Å². The number of nitrogens with two attached hydrogens (primary N) is 1. The molecule has 1 saturated carbocycles. The highest BCUT2D eigenvalue weighted by molar-refractivity contribution is 5.85. The first-order valence-corrected chi connectivity index (χ1v) is 3.49. The monoisotopic (exact) mass is 160 g/mol. The van der Waals surface area contributed by atoms with Crippen molar-refractivity contribution in [1.82, 2.24) is 0 Å². The van der Waals surface area contributed by atoms with Crippen molar-refractivity contribution in [3.05, 3.63) is 0 Å². The Morgan fingerprint density at radius 3 is 2.90 bits per heavy atom. The fourth-order valence-corrected chi connectivity index (χ4v) is 1.70. The maximum Gasteiger partial charge on any atom is 0.0942 e. The Balaban J connectivity index is 0.000000500. The summed E-state index contributed by atoms with van der Waals surface area (Å²) in [6, 6.07) is 0. The Kier molecular flexibility index (Phi) is 1.67. The molecule has 0 amide bonds. The van der Waals surface area contributed by atoms with Crippen molar-refractivity contribution >= 4 is 18.2 Å². The summed E-state index contributed by atoms with van der Waals surface area (Å²) in [5.74, 6) is 1.73. The van der Waals surface area contributed by atoms with Crippen molar-refractivity contribution < 1.29 is 0 Å². The van der Waals surface area contributed by atoms with Crippen LogP contribution in [0.2, 0.25) is 0 Å². The smallest absolute Gasteiger partial charge is 0.0942 e. The van der Waals surface area contributed by atoms with Crippen LogP contribution in [0.3, 0.4) is 0 Å². The molecular weight excluding hydrogens is 148 g/mol. The second-order valence-electron chi connectivity index (χ2n) is 3.56. The zero-order valence-electron chi connectivity index (χ0n) is 6.13. The van der Waals surface area contributed by atoms with Crippen molar-refractivity contribution in [2.24, 2.45) is 22.1 Å². The average molecular weight is 161 g/mol. The van der Waals surface area contributed by atoms with Gasteiger partial charge >= 0.3 is 0 Å². The van der Waals surface area contributed by atoms with Crippen LogP contribution in [0.1, 0.15) is 19.8 Å². The summed E-state index contributed by atoms with van der Waals surface area (Å²) in [5.41, 5.74) is 6.15. The van der Waals surface area contributed by atoms with Crippen LogP contribution in [0.5, 0.6) is 0 Å². The van der Waals surface area contributed by atoms with Crippen LogP contribution >= 0.6 is 12.4 Å². The fourth-order valence-electron chi connectivity index (χ4n) is 1.70. The van der Waals surface area contributed by atoms with Gasteiger partial charge in [-0.3, -0.25) is 4.99 Å². The molecule has 0 aromatic carbocycles. The molecule has 2 aliphatic rings. The van der Waals surface area contributed by atoms with Crippen molar-refractivity contribution in [2.75, 3.05) is 6.54 Å². The van der Waals surface area contributed by atoms with Gasteiger partial charge in [0.2, 0.25) is 0 Å². The highest BCUT2D eigenvalue weighted by Crippen LogP contribution is 2.56. The van der Waals surface area contributed by atoms with Gasteiger partial charge in [-0.2, -0.15) is 0 Å². The van der Waals surface area contributed by atoms with E-state index >= 15 is 0 Å². The second kappa shape index (κ2) is 2.12. The molecule has 0 saturated heterocycles. The molecule has 0 aromatic rings. The lowest BCUT2D eigenvalue weighted by Crippen LogP contribution is -2.22. The number of halogens is 1. The summed E-state index contributed by atoms with van der Waals surface area (Å²) < 4.78 is 0. The predicted molar refractivity (Wildman–Crippen MR) is 44.6 cm³/mol. The topological polar surface area (TPSA) is 38.4 Å². The number of hydrogen-bond acceptors (Lipinski definition) is 2. The lowest BCUT2D eigenvalue weighted by Gasteiger charge is -2.14. The van der Waals surface area contributed by atoms with Crippen LogP contribution < -0.4 is 5.73 Å². The van der Waals surface area contributed by atoms with Crippen LogP contribution in [0.15, 0.2) is 4.99 Å². The van der Waals surface area contributed by atoms with E-state index in [1.54, 1.807) is 0 Å². The molecule has 0 bridgehead atoms. The SMILES string of the molecule is C[C@]12CC(N)=NC[C@@H]1C2.Cl. The maximum atomic E-state index is 5.59. The fraction of sp³-hybridized carbons (Fsp3) is 0.857. The number of nitrogens with zero attached hydrogens (tertiary/aromatic N) is 1. The molecule has 58 valence electrons. The van der Waals surface area contributed by atoms with Gasteiger partial charge < -0.3 is 5.73 Å². The van der Waals surface area contributed by atoms with Gasteiger partial charge in [0.15, 0.2) is 0 Å². The van der Waals surface area contributed by atoms with E-state index < -0.39 is 0 Å². The third-order valence-electron chi connectivity index (χ3n) is 2.64. The van der Waals surface area contributed by atoms with Crippen molar-refractivity contribution in [1.29, 1.82) is 0 Å². The van der Waals surface area contributed by atoms with Crippen LogP contribution in [0.25, 0.3) is 0 Å². The molecule has 3 heteroatoms. The third-order valence-corrected chi connectivity index (χ3v) is 2.64. The quantitative estimate of drug-likeness (QED) is 0.568. The Bertz CT molecular complexity index is 178. The minimum Gasteiger partial charge on any atom is -0.387 e. The summed E-state index contributed by atoms with van der Waals surface area (Å²) in [6.45, 7) is 3.29. The van der Waals surface area contributed by atoms with Gasteiger partial charge in [-0.25, -0.2) is 0 Å². The van der Waals surface area contributed by atoms with Gasteiger partial charge in [-0.15, -0.1) is 12.4 Å². The van der Waals surface area contributed by atoms with Crippen LogP contribution in [0, 0.1) is 11.3 Å². The first-order chi connectivity index (χ1) is 4.21. The number of aliphatic imine (C=N–C) groups is 1. The summed E-state index contributed by atoms with van der Waals surface area (Å²) in [7, 11) is 0. The largest absolute Gasteiger partial charge is 0.387 e. The van der Waals surface area contributed by atoms with E-state index in [1.807, 2.05) is 0 Å². The first kappa shape index (κ1) is 7.86. The Morgan fingerprint density at radius 1 is 1.70 bits per heavy atom. The summed E-state index contributed by atoms with van der Waals surface area (Å²) >= 11 is 0. The van der Waals surface area contributed by atoms with Gasteiger partial charge in [0.1, 0.15) is 0 Å². The van der Waals surface area contributed by atoms with E-state index in [0.717, 1.165) is 24.7 Å². The van der Waals surface area contributed by atoms with Crippen LogP contribution in [-0.2, 0) is 0 Å². The molecule has 2 atom stereocenters. The molecule has 1 aliphatic heterocycles. The molecule has 2 N–H and O–H groups in total. The zero-order valence-corrected chi connectivity index (χ0v) is 6.95. The second-order valence-corrected chi connectivity index (χ2v) is 3.56. The van der Waals surface area contributed by atoms with Gasteiger partial charge in [0.05, 0.1) is 5.84 Å². The predicted octanol–water partition coefficient (Wildman–Crippen LogP) is 1.20. The van der Waals surface area contributed by atoms with Crippen molar-refractivity contribution in [3.8, 4) is 0 Å². The van der Waals surface area contributed by atoms with E-state index in [4.69, 9.17) is 5.73 Å². The average Bonchev–Trinajstić information content (AvgIpc) is 2.38. The summed E-state index contributed by atoms with van der Waals surface area (Å²) in [6.07, 6.45) is 2.38. The van der Waals surface area contributed by atoms with E-state index in [2.05, 4.69) is 11.9 Å². The molecule has 1 heterocycles. The van der Waals surface area contributed by atoms with Crippen LogP contribution in [-0.4, -0.2) is 12.4 Å². The molecule has 1 aliphatic carbocycles. The van der Waals surface area contributed by atoms with Gasteiger partial charge in [-0.05, 0) is 17.8 Å². The molecule has 2 rings (SSSR count). The van der Waals surface area contributed by atoms with Crippen molar-refractivity contribution in [3.63, 3.8) is 0 Å². The van der Waals surface area contributed by atoms with Crippen LogP contribution in [0.4, 0.5) is 0 Å². The zero-order chi connectivity index (χ0) is 6.48. The van der Waals surface area contributed by atoms with Crippen molar-refractivity contribution in [2.45, 2.75) is 19.8 Å². The lowest BCUT2D eigenvalue weighted by atomic mass is 9.99. The molecular formula is C7H13ClN2. The minimum atomic E-state index is 0. The number of amidine groups is 1. The summed E-state index contributed by atoms with van der Waals surface area (Å²) in [4.78, 5) is 4.19. The molecule has 1 fully saturated rings.